The minimum atomic E-state index is -4.63. The zero-order valence-electron chi connectivity index (χ0n) is 16.0. The van der Waals surface area contributed by atoms with Gasteiger partial charge >= 0.3 is 6.18 Å². The van der Waals surface area contributed by atoms with Crippen LogP contribution in [0.1, 0.15) is 24.5 Å². The van der Waals surface area contributed by atoms with Crippen molar-refractivity contribution in [1.29, 1.82) is 0 Å². The number of para-hydroxylation sites is 1. The van der Waals surface area contributed by atoms with Crippen molar-refractivity contribution in [2.75, 3.05) is 22.0 Å². The molecule has 0 bridgehead atoms. The van der Waals surface area contributed by atoms with E-state index in [2.05, 4.69) is 0 Å². The molecule has 29 heavy (non-hydrogen) atoms. The molecule has 1 aliphatic heterocycles. The molecule has 3 rings (SSSR count). The molecule has 0 saturated carbocycles. The predicted octanol–water partition coefficient (Wildman–Crippen LogP) is 3.84. The summed E-state index contributed by atoms with van der Waals surface area (Å²) in [5.74, 6) is -0.486. The number of benzene rings is 2. The van der Waals surface area contributed by atoms with E-state index in [9.17, 15) is 26.4 Å². The molecule has 0 N–H and O–H groups in total. The average molecular weight is 426 g/mol. The number of anilines is 2. The van der Waals surface area contributed by atoms with Crippen LogP contribution in [0, 0.1) is 0 Å². The van der Waals surface area contributed by atoms with Gasteiger partial charge in [0.15, 0.2) is 0 Å². The normalized spacial score (nSPS) is 15.6. The number of aryl methyl sites for hydroxylation is 1. The summed E-state index contributed by atoms with van der Waals surface area (Å²) >= 11 is 0. The van der Waals surface area contributed by atoms with Crippen molar-refractivity contribution in [1.82, 2.24) is 0 Å². The Morgan fingerprint density at radius 1 is 1.14 bits per heavy atom. The Morgan fingerprint density at radius 3 is 2.48 bits per heavy atom. The molecule has 0 saturated heterocycles. The van der Waals surface area contributed by atoms with E-state index in [0.29, 0.717) is 12.2 Å². The summed E-state index contributed by atoms with van der Waals surface area (Å²) in [5, 5.41) is 0. The van der Waals surface area contributed by atoms with Crippen molar-refractivity contribution < 1.29 is 26.4 Å². The van der Waals surface area contributed by atoms with E-state index >= 15 is 0 Å². The molecule has 1 aliphatic rings. The van der Waals surface area contributed by atoms with Crippen LogP contribution in [0.5, 0.6) is 0 Å². The Bertz CT molecular complexity index is 1020. The van der Waals surface area contributed by atoms with Crippen molar-refractivity contribution in [3.63, 3.8) is 0 Å². The van der Waals surface area contributed by atoms with Crippen LogP contribution in [0.3, 0.4) is 0 Å². The third-order valence-electron chi connectivity index (χ3n) is 4.87. The highest BCUT2D eigenvalue weighted by atomic mass is 32.2. The molecule has 156 valence electrons. The molecule has 1 amide bonds. The number of carbonyl (C=O) groups excluding carboxylic acids is 1. The zero-order valence-corrected chi connectivity index (χ0v) is 16.8. The van der Waals surface area contributed by atoms with E-state index in [4.69, 9.17) is 0 Å². The Morgan fingerprint density at radius 2 is 1.83 bits per heavy atom. The molecule has 0 unspecified atom stereocenters. The van der Waals surface area contributed by atoms with Crippen molar-refractivity contribution in [3.05, 3.63) is 59.7 Å². The Balaban J connectivity index is 2.00. The summed E-state index contributed by atoms with van der Waals surface area (Å²) in [6.07, 6.45) is -2.23. The number of halogens is 3. The first-order valence-corrected chi connectivity index (χ1v) is 10.9. The first kappa shape index (κ1) is 21.2. The molecule has 0 radical (unpaired) electrons. The summed E-state index contributed by atoms with van der Waals surface area (Å²) in [6.45, 7) is 1.81. The van der Waals surface area contributed by atoms with Gasteiger partial charge in [0.25, 0.3) is 5.91 Å². The number of fused-ring (bicyclic) bond motifs is 1. The van der Waals surface area contributed by atoms with Gasteiger partial charge in [-0.15, -0.1) is 0 Å². The highest BCUT2D eigenvalue weighted by Gasteiger charge is 2.36. The second-order valence-electron chi connectivity index (χ2n) is 7.01. The van der Waals surface area contributed by atoms with Crippen LogP contribution < -0.4 is 9.21 Å². The number of amides is 1. The largest absolute Gasteiger partial charge is 0.416 e. The van der Waals surface area contributed by atoms with Gasteiger partial charge in [0.05, 0.1) is 17.5 Å². The van der Waals surface area contributed by atoms with Gasteiger partial charge in [-0.25, -0.2) is 8.42 Å². The van der Waals surface area contributed by atoms with Crippen molar-refractivity contribution in [2.24, 2.45) is 0 Å². The topological polar surface area (TPSA) is 57.7 Å². The molecular weight excluding hydrogens is 405 g/mol. The molecule has 1 heterocycles. The third-order valence-corrected chi connectivity index (χ3v) is 6.11. The lowest BCUT2D eigenvalue weighted by molar-refractivity contribution is -0.137. The van der Waals surface area contributed by atoms with Gasteiger partial charge < -0.3 is 4.90 Å². The van der Waals surface area contributed by atoms with E-state index in [1.165, 1.54) is 17.9 Å². The SMILES string of the molecule is C[C@H](C(=O)N1CCCc2ccccc21)N(c1cccc(C(F)(F)F)c1)S(C)(=O)=O. The Labute approximate surface area is 167 Å². The summed E-state index contributed by atoms with van der Waals surface area (Å²) in [5.41, 5.74) is 0.498. The number of sulfonamides is 1. The standard InChI is InChI=1S/C20H21F3N2O3S/c1-14(19(26)24-12-6-8-15-7-3-4-11-18(15)24)25(29(2,27)28)17-10-5-9-16(13-17)20(21,22)23/h3-5,7,9-11,13-14H,6,8,12H2,1-2H3/t14-/m1/s1. The molecule has 0 fully saturated rings. The first-order chi connectivity index (χ1) is 13.5. The molecule has 9 heteroatoms. The number of rotatable bonds is 4. The van der Waals surface area contributed by atoms with E-state index in [1.54, 1.807) is 12.1 Å². The summed E-state index contributed by atoms with van der Waals surface area (Å²) in [4.78, 5) is 14.7. The number of carbonyl (C=O) groups is 1. The van der Waals surface area contributed by atoms with Crippen LogP contribution in [0.25, 0.3) is 0 Å². The molecule has 0 spiro atoms. The minimum absolute atomic E-state index is 0.200. The quantitative estimate of drug-likeness (QED) is 0.747. The molecule has 1 atom stereocenters. The highest BCUT2D eigenvalue weighted by Crippen LogP contribution is 2.34. The van der Waals surface area contributed by atoms with Crippen LogP contribution in [0.2, 0.25) is 0 Å². The van der Waals surface area contributed by atoms with E-state index < -0.39 is 33.7 Å². The molecule has 2 aromatic rings. The molecular formula is C20H21F3N2O3S. The smallest absolute Gasteiger partial charge is 0.310 e. The predicted molar refractivity (Wildman–Crippen MR) is 105 cm³/mol. The van der Waals surface area contributed by atoms with E-state index in [-0.39, 0.29) is 5.69 Å². The van der Waals surface area contributed by atoms with Gasteiger partial charge in [-0.1, -0.05) is 24.3 Å². The van der Waals surface area contributed by atoms with Gasteiger partial charge in [-0.3, -0.25) is 9.10 Å². The Hall–Kier alpha value is -2.55. The van der Waals surface area contributed by atoms with Gasteiger partial charge in [0.1, 0.15) is 6.04 Å². The van der Waals surface area contributed by atoms with E-state index in [1.807, 2.05) is 12.1 Å². The average Bonchev–Trinajstić information content (AvgIpc) is 2.65. The van der Waals surface area contributed by atoms with Crippen LogP contribution in [0.15, 0.2) is 48.5 Å². The van der Waals surface area contributed by atoms with Crippen molar-refractivity contribution >= 4 is 27.3 Å². The number of hydrogen-bond donors (Lipinski definition) is 0. The second kappa shape index (κ2) is 7.70. The highest BCUT2D eigenvalue weighted by molar-refractivity contribution is 7.92. The molecule has 5 nitrogen and oxygen atoms in total. The van der Waals surface area contributed by atoms with Crippen LogP contribution in [0.4, 0.5) is 24.5 Å². The fourth-order valence-corrected chi connectivity index (χ4v) is 4.77. The van der Waals surface area contributed by atoms with Crippen LogP contribution in [-0.2, 0) is 27.4 Å². The fourth-order valence-electron chi connectivity index (χ4n) is 3.61. The monoisotopic (exact) mass is 426 g/mol. The van der Waals surface area contributed by atoms with Crippen LogP contribution >= 0.6 is 0 Å². The van der Waals surface area contributed by atoms with Gasteiger partial charge in [0, 0.05) is 12.2 Å². The lowest BCUT2D eigenvalue weighted by atomic mass is 10.0. The van der Waals surface area contributed by atoms with Crippen molar-refractivity contribution in [2.45, 2.75) is 32.0 Å². The third kappa shape index (κ3) is 4.39. The molecule has 2 aromatic carbocycles. The number of alkyl halides is 3. The molecule has 0 aromatic heterocycles. The van der Waals surface area contributed by atoms with Gasteiger partial charge in [0.2, 0.25) is 10.0 Å². The summed E-state index contributed by atoms with van der Waals surface area (Å²) < 4.78 is 64.9. The summed E-state index contributed by atoms with van der Waals surface area (Å²) in [6, 6.07) is 10.1. The minimum Gasteiger partial charge on any atom is -0.310 e. The maximum absolute atomic E-state index is 13.2. The maximum atomic E-state index is 13.2. The summed E-state index contributed by atoms with van der Waals surface area (Å²) in [7, 11) is -4.02. The Kier molecular flexibility index (Phi) is 5.62. The maximum Gasteiger partial charge on any atom is 0.416 e. The number of hydrogen-bond acceptors (Lipinski definition) is 3. The zero-order chi connectivity index (χ0) is 21.4. The van der Waals surface area contributed by atoms with Crippen molar-refractivity contribution in [3.8, 4) is 0 Å². The van der Waals surface area contributed by atoms with E-state index in [0.717, 1.165) is 47.2 Å². The lowest BCUT2D eigenvalue weighted by Gasteiger charge is -2.35. The second-order valence-corrected chi connectivity index (χ2v) is 8.86. The lowest BCUT2D eigenvalue weighted by Crippen LogP contribution is -2.50. The fraction of sp³-hybridized carbons (Fsp3) is 0.350. The number of nitrogens with zero attached hydrogens (tertiary/aromatic N) is 2. The molecule has 0 aliphatic carbocycles. The van der Waals surface area contributed by atoms with Crippen LogP contribution in [-0.4, -0.2) is 33.2 Å². The first-order valence-electron chi connectivity index (χ1n) is 9.06. The van der Waals surface area contributed by atoms with Gasteiger partial charge in [-0.05, 0) is 49.6 Å². The van der Waals surface area contributed by atoms with Gasteiger partial charge in [-0.2, -0.15) is 13.2 Å².